The van der Waals surface area contributed by atoms with Crippen LogP contribution in [0.15, 0.2) is 53.6 Å². The van der Waals surface area contributed by atoms with Gasteiger partial charge in [-0.15, -0.1) is 0 Å². The number of urea groups is 1. The molecule has 0 saturated carbocycles. The first-order valence-electron chi connectivity index (χ1n) is 11.2. The highest BCUT2D eigenvalue weighted by molar-refractivity contribution is 7.89. The fraction of sp³-hybridized carbons (Fsp3) is 0.375. The van der Waals surface area contributed by atoms with Crippen LogP contribution in [0, 0.1) is 0 Å². The van der Waals surface area contributed by atoms with Gasteiger partial charge in [0.25, 0.3) is 0 Å². The summed E-state index contributed by atoms with van der Waals surface area (Å²) in [5, 5.41) is 3.75. The van der Waals surface area contributed by atoms with E-state index in [1.165, 1.54) is 11.4 Å². The number of nitrogens with zero attached hydrogens (tertiary/aromatic N) is 3. The van der Waals surface area contributed by atoms with Crippen LogP contribution in [-0.4, -0.2) is 68.6 Å². The van der Waals surface area contributed by atoms with Crippen molar-refractivity contribution in [2.45, 2.75) is 24.8 Å². The summed E-state index contributed by atoms with van der Waals surface area (Å²) in [7, 11) is -0.594. The number of methoxy groups -OCH3 is 2. The summed E-state index contributed by atoms with van der Waals surface area (Å²) >= 11 is 0. The average molecular weight is 487 g/mol. The van der Waals surface area contributed by atoms with Crippen molar-refractivity contribution in [3.63, 3.8) is 0 Å². The summed E-state index contributed by atoms with van der Waals surface area (Å²) in [6, 6.07) is 12.0. The van der Waals surface area contributed by atoms with E-state index in [-0.39, 0.29) is 24.0 Å². The Kier molecular flexibility index (Phi) is 6.99. The lowest BCUT2D eigenvalue weighted by Gasteiger charge is -2.23. The molecule has 1 fully saturated rings. The molecular weight excluding hydrogens is 456 g/mol. The van der Waals surface area contributed by atoms with E-state index in [0.29, 0.717) is 36.7 Å². The summed E-state index contributed by atoms with van der Waals surface area (Å²) in [5.41, 5.74) is 1.50. The minimum absolute atomic E-state index is 0.221. The third kappa shape index (κ3) is 4.69. The van der Waals surface area contributed by atoms with Crippen molar-refractivity contribution in [3.8, 4) is 11.5 Å². The van der Waals surface area contributed by atoms with E-state index < -0.39 is 10.0 Å². The average Bonchev–Trinajstić information content (AvgIpc) is 3.09. The van der Waals surface area contributed by atoms with Gasteiger partial charge < -0.3 is 24.3 Å². The highest BCUT2D eigenvalue weighted by atomic mass is 32.2. The Bertz CT molecular complexity index is 1290. The third-order valence-corrected chi connectivity index (χ3v) is 8.01. The summed E-state index contributed by atoms with van der Waals surface area (Å²) in [6.07, 6.45) is 2.50. The minimum Gasteiger partial charge on any atom is -0.497 e. The maximum Gasteiger partial charge on any atom is 0.321 e. The quantitative estimate of drug-likeness (QED) is 0.575. The number of sulfonamides is 1. The van der Waals surface area contributed by atoms with Crippen LogP contribution in [-0.2, 0) is 16.6 Å². The molecule has 1 aromatic heterocycles. The number of anilines is 1. The SMILES string of the molecule is CCn1ccc2cc(S(=O)(=O)N3CCCN(C(=O)Nc4cc(OC)ccc4OC)CC3)ccc21. The van der Waals surface area contributed by atoms with Gasteiger partial charge in [-0.05, 0) is 49.7 Å². The van der Waals surface area contributed by atoms with Crippen LogP contribution in [0.4, 0.5) is 10.5 Å². The highest BCUT2D eigenvalue weighted by Crippen LogP contribution is 2.29. The van der Waals surface area contributed by atoms with Gasteiger partial charge in [-0.2, -0.15) is 4.31 Å². The number of carbonyl (C=O) groups excluding carboxylic acids is 1. The Morgan fingerprint density at radius 2 is 1.82 bits per heavy atom. The monoisotopic (exact) mass is 486 g/mol. The Morgan fingerprint density at radius 3 is 2.56 bits per heavy atom. The third-order valence-electron chi connectivity index (χ3n) is 6.11. The van der Waals surface area contributed by atoms with Gasteiger partial charge in [-0.3, -0.25) is 0 Å². The summed E-state index contributed by atoms with van der Waals surface area (Å²) < 4.78 is 40.8. The number of aromatic nitrogens is 1. The fourth-order valence-electron chi connectivity index (χ4n) is 4.21. The van der Waals surface area contributed by atoms with Crippen LogP contribution in [0.5, 0.6) is 11.5 Å². The van der Waals surface area contributed by atoms with E-state index in [4.69, 9.17) is 9.47 Å². The van der Waals surface area contributed by atoms with Crippen molar-refractivity contribution >= 4 is 32.6 Å². The molecule has 2 heterocycles. The molecule has 10 heteroatoms. The number of amides is 2. The number of hydrogen-bond acceptors (Lipinski definition) is 5. The van der Waals surface area contributed by atoms with Gasteiger partial charge in [0.2, 0.25) is 10.0 Å². The first-order chi connectivity index (χ1) is 16.4. The molecule has 0 radical (unpaired) electrons. The van der Waals surface area contributed by atoms with E-state index in [9.17, 15) is 13.2 Å². The Balaban J connectivity index is 1.47. The molecule has 1 saturated heterocycles. The molecule has 0 spiro atoms. The largest absolute Gasteiger partial charge is 0.497 e. The topological polar surface area (TPSA) is 93.1 Å². The van der Waals surface area contributed by atoms with Crippen molar-refractivity contribution in [2.75, 3.05) is 45.7 Å². The minimum atomic E-state index is -3.67. The molecule has 34 heavy (non-hydrogen) atoms. The number of fused-ring (bicyclic) bond motifs is 1. The molecular formula is C24H30N4O5S. The predicted octanol–water partition coefficient (Wildman–Crippen LogP) is 3.61. The molecule has 4 rings (SSSR count). The Morgan fingerprint density at radius 1 is 1.00 bits per heavy atom. The predicted molar refractivity (Wildman–Crippen MR) is 131 cm³/mol. The summed E-state index contributed by atoms with van der Waals surface area (Å²) in [4.78, 5) is 14.8. The van der Waals surface area contributed by atoms with Gasteiger partial charge in [0.15, 0.2) is 0 Å². The molecule has 0 atom stereocenters. The van der Waals surface area contributed by atoms with Gasteiger partial charge in [-0.25, -0.2) is 13.2 Å². The van der Waals surface area contributed by atoms with Crippen LogP contribution < -0.4 is 14.8 Å². The Labute approximate surface area is 199 Å². The van der Waals surface area contributed by atoms with Gasteiger partial charge >= 0.3 is 6.03 Å². The van der Waals surface area contributed by atoms with Gasteiger partial charge in [0.05, 0.1) is 24.8 Å². The zero-order valence-corrected chi connectivity index (χ0v) is 20.5. The summed E-state index contributed by atoms with van der Waals surface area (Å²) in [5.74, 6) is 1.11. The second-order valence-electron chi connectivity index (χ2n) is 8.06. The van der Waals surface area contributed by atoms with Crippen LogP contribution in [0.25, 0.3) is 10.9 Å². The smallest absolute Gasteiger partial charge is 0.321 e. The first-order valence-corrected chi connectivity index (χ1v) is 12.7. The maximum atomic E-state index is 13.4. The zero-order valence-electron chi connectivity index (χ0n) is 19.7. The van der Waals surface area contributed by atoms with Crippen LogP contribution >= 0.6 is 0 Å². The zero-order chi connectivity index (χ0) is 24.3. The van der Waals surface area contributed by atoms with E-state index in [1.54, 1.807) is 42.3 Å². The van der Waals surface area contributed by atoms with Gasteiger partial charge in [-0.1, -0.05) is 0 Å². The highest BCUT2D eigenvalue weighted by Gasteiger charge is 2.29. The molecule has 2 amide bonds. The fourth-order valence-corrected chi connectivity index (χ4v) is 5.71. The number of carbonyl (C=O) groups is 1. The van der Waals surface area contributed by atoms with E-state index in [1.807, 2.05) is 25.3 Å². The van der Waals surface area contributed by atoms with Crippen LogP contribution in [0.1, 0.15) is 13.3 Å². The lowest BCUT2D eigenvalue weighted by molar-refractivity contribution is 0.214. The van der Waals surface area contributed by atoms with Crippen molar-refractivity contribution in [2.24, 2.45) is 0 Å². The second kappa shape index (κ2) is 9.94. The lowest BCUT2D eigenvalue weighted by Crippen LogP contribution is -2.39. The molecule has 1 aliphatic heterocycles. The van der Waals surface area contributed by atoms with Crippen molar-refractivity contribution in [1.82, 2.24) is 13.8 Å². The molecule has 0 aliphatic carbocycles. The van der Waals surface area contributed by atoms with Gasteiger partial charge in [0.1, 0.15) is 11.5 Å². The molecule has 182 valence electrons. The number of hydrogen-bond donors (Lipinski definition) is 1. The number of rotatable bonds is 6. The van der Waals surface area contributed by atoms with Crippen LogP contribution in [0.2, 0.25) is 0 Å². The van der Waals surface area contributed by atoms with Crippen molar-refractivity contribution in [3.05, 3.63) is 48.7 Å². The van der Waals surface area contributed by atoms with E-state index >= 15 is 0 Å². The molecule has 9 nitrogen and oxygen atoms in total. The molecule has 3 aromatic rings. The second-order valence-corrected chi connectivity index (χ2v) is 10.0. The number of ether oxygens (including phenoxy) is 2. The molecule has 0 bridgehead atoms. The first kappa shape index (κ1) is 23.9. The number of nitrogens with one attached hydrogen (secondary N) is 1. The maximum absolute atomic E-state index is 13.4. The van der Waals surface area contributed by atoms with E-state index in [2.05, 4.69) is 9.88 Å². The van der Waals surface area contributed by atoms with Gasteiger partial charge in [0, 0.05) is 55.9 Å². The van der Waals surface area contributed by atoms with E-state index in [0.717, 1.165) is 17.4 Å². The normalized spacial score (nSPS) is 15.2. The van der Waals surface area contributed by atoms with Crippen molar-refractivity contribution in [1.29, 1.82) is 0 Å². The molecule has 1 aliphatic rings. The summed E-state index contributed by atoms with van der Waals surface area (Å²) in [6.45, 7) is 4.17. The number of benzene rings is 2. The molecule has 0 unspecified atom stereocenters. The van der Waals surface area contributed by atoms with Crippen LogP contribution in [0.3, 0.4) is 0 Å². The molecule has 2 aromatic carbocycles. The lowest BCUT2D eigenvalue weighted by atomic mass is 10.2. The number of aryl methyl sites for hydroxylation is 1. The Hall–Kier alpha value is -3.24. The van der Waals surface area contributed by atoms with Crippen molar-refractivity contribution < 1.29 is 22.7 Å². The molecule has 1 N–H and O–H groups in total. The standard InChI is InChI=1S/C24H30N4O5S/c1-4-26-13-10-18-16-20(7-8-22(18)26)34(30,31)28-12-5-11-27(14-15-28)24(29)25-21-17-19(32-2)6-9-23(21)33-3/h6-10,13,16-17H,4-5,11-12,14-15H2,1-3H3,(H,25,29).